The summed E-state index contributed by atoms with van der Waals surface area (Å²) in [6.45, 7) is 4.29. The molecule has 0 amide bonds. The molecule has 1 aliphatic carbocycles. The second-order valence-electron chi connectivity index (χ2n) is 5.45. The van der Waals surface area contributed by atoms with Crippen LogP contribution in [0.5, 0.6) is 0 Å². The Morgan fingerprint density at radius 2 is 1.78 bits per heavy atom. The molecular weight excluding hydrogens is 218 g/mol. The summed E-state index contributed by atoms with van der Waals surface area (Å²) in [5, 5.41) is 0. The van der Waals surface area contributed by atoms with Crippen LogP contribution in [0.4, 0.5) is 0 Å². The van der Waals surface area contributed by atoms with E-state index >= 15 is 0 Å². The molecule has 0 saturated carbocycles. The topological polar surface area (TPSA) is 26.0 Å². The normalized spacial score (nSPS) is 21.9. The van der Waals surface area contributed by atoms with Crippen LogP contribution in [-0.4, -0.2) is 0 Å². The Kier molecular flexibility index (Phi) is 2.53. The summed E-state index contributed by atoms with van der Waals surface area (Å²) in [4.78, 5) is 0. The molecule has 0 saturated heterocycles. The van der Waals surface area contributed by atoms with Crippen LogP contribution < -0.4 is 5.73 Å². The summed E-state index contributed by atoms with van der Waals surface area (Å²) < 4.78 is 0. The molecule has 3 rings (SSSR count). The van der Waals surface area contributed by atoms with Crippen LogP contribution in [0.2, 0.25) is 0 Å². The van der Waals surface area contributed by atoms with Crippen LogP contribution in [0, 0.1) is 13.8 Å². The molecule has 0 aromatic heterocycles. The first-order valence-corrected chi connectivity index (χ1v) is 6.56. The lowest BCUT2D eigenvalue weighted by atomic mass is 9.82. The van der Waals surface area contributed by atoms with Crippen molar-refractivity contribution >= 4 is 0 Å². The second-order valence-corrected chi connectivity index (χ2v) is 5.45. The molecule has 2 aromatic carbocycles. The van der Waals surface area contributed by atoms with Gasteiger partial charge >= 0.3 is 0 Å². The van der Waals surface area contributed by atoms with E-state index in [1.54, 1.807) is 0 Å². The molecule has 0 spiro atoms. The minimum atomic E-state index is -0.299. The van der Waals surface area contributed by atoms with Gasteiger partial charge in [0.2, 0.25) is 0 Å². The van der Waals surface area contributed by atoms with Crippen molar-refractivity contribution in [1.82, 2.24) is 0 Å². The maximum Gasteiger partial charge on any atom is 0.0674 e. The Labute approximate surface area is 109 Å². The van der Waals surface area contributed by atoms with Crippen LogP contribution in [-0.2, 0) is 12.0 Å². The highest BCUT2D eigenvalue weighted by molar-refractivity contribution is 5.49. The van der Waals surface area contributed by atoms with Crippen molar-refractivity contribution in [2.45, 2.75) is 32.2 Å². The highest BCUT2D eigenvalue weighted by Crippen LogP contribution is 2.41. The second kappa shape index (κ2) is 3.96. The fourth-order valence-corrected chi connectivity index (χ4v) is 3.14. The van der Waals surface area contributed by atoms with E-state index in [-0.39, 0.29) is 5.54 Å². The minimum absolute atomic E-state index is 0.299. The molecular formula is C17H19N. The minimum Gasteiger partial charge on any atom is -0.318 e. The van der Waals surface area contributed by atoms with E-state index in [9.17, 15) is 0 Å². The molecule has 1 aliphatic rings. The number of benzene rings is 2. The summed E-state index contributed by atoms with van der Waals surface area (Å²) in [5.41, 5.74) is 13.0. The smallest absolute Gasteiger partial charge is 0.0674 e. The van der Waals surface area contributed by atoms with Crippen molar-refractivity contribution in [3.05, 3.63) is 70.3 Å². The fraction of sp³-hybridized carbons (Fsp3) is 0.294. The Morgan fingerprint density at radius 1 is 1.00 bits per heavy atom. The number of hydrogen-bond acceptors (Lipinski definition) is 1. The first kappa shape index (κ1) is 11.5. The van der Waals surface area contributed by atoms with E-state index in [1.165, 1.54) is 27.8 Å². The lowest BCUT2D eigenvalue weighted by molar-refractivity contribution is 0.531. The zero-order valence-corrected chi connectivity index (χ0v) is 11.0. The van der Waals surface area contributed by atoms with E-state index in [2.05, 4.69) is 56.3 Å². The van der Waals surface area contributed by atoms with Gasteiger partial charge in [-0.25, -0.2) is 0 Å². The SMILES string of the molecule is Cc1ccc(C)c(C2(N)CCc3ccccc32)c1. The van der Waals surface area contributed by atoms with Gasteiger partial charge in [-0.1, -0.05) is 48.0 Å². The predicted molar refractivity (Wildman–Crippen MR) is 75.6 cm³/mol. The van der Waals surface area contributed by atoms with Crippen molar-refractivity contribution in [2.75, 3.05) is 0 Å². The monoisotopic (exact) mass is 237 g/mol. The third-order valence-corrected chi connectivity index (χ3v) is 4.16. The molecule has 2 aromatic rings. The van der Waals surface area contributed by atoms with Crippen LogP contribution in [0.15, 0.2) is 42.5 Å². The van der Waals surface area contributed by atoms with Crippen molar-refractivity contribution in [3.63, 3.8) is 0 Å². The van der Waals surface area contributed by atoms with E-state index < -0.39 is 0 Å². The van der Waals surface area contributed by atoms with E-state index in [0.717, 1.165) is 12.8 Å². The number of rotatable bonds is 1. The number of nitrogens with two attached hydrogens (primary N) is 1. The Morgan fingerprint density at radius 3 is 2.61 bits per heavy atom. The van der Waals surface area contributed by atoms with Gasteiger partial charge in [-0.3, -0.25) is 0 Å². The molecule has 0 radical (unpaired) electrons. The van der Waals surface area contributed by atoms with Crippen molar-refractivity contribution in [2.24, 2.45) is 5.73 Å². The van der Waals surface area contributed by atoms with Crippen LogP contribution in [0.3, 0.4) is 0 Å². The van der Waals surface area contributed by atoms with E-state index in [4.69, 9.17) is 5.73 Å². The lowest BCUT2D eigenvalue weighted by Crippen LogP contribution is -2.36. The summed E-state index contributed by atoms with van der Waals surface area (Å²) in [7, 11) is 0. The molecule has 92 valence electrons. The van der Waals surface area contributed by atoms with Gasteiger partial charge in [-0.05, 0) is 48.9 Å². The molecule has 0 aliphatic heterocycles. The summed E-state index contributed by atoms with van der Waals surface area (Å²) in [6, 6.07) is 15.2. The van der Waals surface area contributed by atoms with Gasteiger partial charge in [0.1, 0.15) is 0 Å². The fourth-order valence-electron chi connectivity index (χ4n) is 3.14. The zero-order valence-electron chi connectivity index (χ0n) is 11.0. The first-order valence-electron chi connectivity index (χ1n) is 6.56. The molecule has 2 N–H and O–H groups in total. The van der Waals surface area contributed by atoms with Gasteiger partial charge in [0, 0.05) is 0 Å². The maximum atomic E-state index is 6.76. The molecule has 1 unspecified atom stereocenters. The highest BCUT2D eigenvalue weighted by atomic mass is 14.8. The quantitative estimate of drug-likeness (QED) is 0.807. The van der Waals surface area contributed by atoms with E-state index in [1.807, 2.05) is 0 Å². The van der Waals surface area contributed by atoms with Gasteiger partial charge < -0.3 is 5.73 Å². The third kappa shape index (κ3) is 1.58. The summed E-state index contributed by atoms with van der Waals surface area (Å²) in [5.74, 6) is 0. The number of hydrogen-bond donors (Lipinski definition) is 1. The molecule has 1 nitrogen and oxygen atoms in total. The van der Waals surface area contributed by atoms with Crippen LogP contribution >= 0.6 is 0 Å². The Hall–Kier alpha value is -1.60. The molecule has 0 fully saturated rings. The van der Waals surface area contributed by atoms with Crippen molar-refractivity contribution in [3.8, 4) is 0 Å². The molecule has 1 atom stereocenters. The van der Waals surface area contributed by atoms with Crippen LogP contribution in [0.1, 0.15) is 34.2 Å². The van der Waals surface area contributed by atoms with Gasteiger partial charge in [-0.15, -0.1) is 0 Å². The largest absolute Gasteiger partial charge is 0.318 e. The highest BCUT2D eigenvalue weighted by Gasteiger charge is 2.37. The van der Waals surface area contributed by atoms with Crippen LogP contribution in [0.25, 0.3) is 0 Å². The lowest BCUT2D eigenvalue weighted by Gasteiger charge is -2.28. The zero-order chi connectivity index (χ0) is 12.8. The number of aryl methyl sites for hydroxylation is 3. The molecule has 1 heteroatoms. The van der Waals surface area contributed by atoms with Gasteiger partial charge in [0.25, 0.3) is 0 Å². The predicted octanol–water partition coefficient (Wildman–Crippen LogP) is 3.45. The Bertz CT molecular complexity index is 600. The summed E-state index contributed by atoms with van der Waals surface area (Å²) >= 11 is 0. The summed E-state index contributed by atoms with van der Waals surface area (Å²) in [6.07, 6.45) is 2.09. The third-order valence-electron chi connectivity index (χ3n) is 4.16. The maximum absolute atomic E-state index is 6.76. The van der Waals surface area contributed by atoms with Gasteiger partial charge in [0.05, 0.1) is 5.54 Å². The first-order chi connectivity index (χ1) is 8.61. The molecule has 0 bridgehead atoms. The van der Waals surface area contributed by atoms with Gasteiger partial charge in [0.15, 0.2) is 0 Å². The van der Waals surface area contributed by atoms with E-state index in [0.29, 0.717) is 0 Å². The average Bonchev–Trinajstić information content (AvgIpc) is 2.72. The Balaban J connectivity index is 2.20. The molecule has 0 heterocycles. The average molecular weight is 237 g/mol. The molecule has 18 heavy (non-hydrogen) atoms. The standard InChI is InChI=1S/C17H19N/c1-12-7-8-13(2)16(11-12)17(18)10-9-14-5-3-4-6-15(14)17/h3-8,11H,9-10,18H2,1-2H3. The van der Waals surface area contributed by atoms with Crippen molar-refractivity contribution < 1.29 is 0 Å². The number of fused-ring (bicyclic) bond motifs is 1. The van der Waals surface area contributed by atoms with Gasteiger partial charge in [-0.2, -0.15) is 0 Å². The van der Waals surface area contributed by atoms with Crippen molar-refractivity contribution in [1.29, 1.82) is 0 Å².